The Balaban J connectivity index is 0.00000361. The summed E-state index contributed by atoms with van der Waals surface area (Å²) < 4.78 is 3.91. The van der Waals surface area contributed by atoms with Gasteiger partial charge >= 0.3 is 0 Å². The zero-order chi connectivity index (χ0) is 14.1. The molecule has 3 N–H and O–H groups in total. The van der Waals surface area contributed by atoms with E-state index in [0.29, 0.717) is 12.4 Å². The van der Waals surface area contributed by atoms with Crippen LogP contribution in [0.25, 0.3) is 0 Å². The van der Waals surface area contributed by atoms with Crippen LogP contribution in [0.15, 0.2) is 18.7 Å². The van der Waals surface area contributed by atoms with Crippen molar-refractivity contribution in [2.45, 2.75) is 31.7 Å². The Kier molecular flexibility index (Phi) is 11.6. The largest absolute Gasteiger partial charge is 1.00 e. The molecule has 1 aromatic heterocycles. The van der Waals surface area contributed by atoms with Crippen LogP contribution in [0.1, 0.15) is 6.42 Å². The molecular formula is C12H22Cl3N3O2. The third kappa shape index (κ3) is 7.67. The highest BCUT2D eigenvalue weighted by Crippen LogP contribution is 1.95. The van der Waals surface area contributed by atoms with Crippen LogP contribution in [0.3, 0.4) is 0 Å². The highest BCUT2D eigenvalue weighted by molar-refractivity contribution is 6.18. The predicted molar refractivity (Wildman–Crippen MR) is 75.6 cm³/mol. The number of nitrogens with one attached hydrogen (secondary N) is 1. The smallest absolute Gasteiger partial charge is 0.243 e. The van der Waals surface area contributed by atoms with Crippen LogP contribution in [0.5, 0.6) is 0 Å². The molecule has 0 aromatic carbocycles. The fraction of sp³-hybridized carbons (Fsp3) is 0.750. The topological polar surface area (TPSA) is 61.3 Å². The Morgan fingerprint density at radius 2 is 2.05 bits per heavy atom. The van der Waals surface area contributed by atoms with E-state index in [9.17, 15) is 5.11 Å². The Morgan fingerprint density at radius 3 is 2.65 bits per heavy atom. The molecule has 2 atom stereocenters. The number of alkyl halides is 2. The first-order valence-electron chi connectivity index (χ1n) is 6.38. The first-order valence-corrected chi connectivity index (χ1v) is 7.45. The van der Waals surface area contributed by atoms with E-state index < -0.39 is 6.10 Å². The molecule has 0 saturated heterocycles. The van der Waals surface area contributed by atoms with Gasteiger partial charge in [-0.25, -0.2) is 9.13 Å². The highest BCUT2D eigenvalue weighted by atomic mass is 35.5. The number of aliphatic hydroxyl groups is 2. The number of hydrogen-bond donors (Lipinski definition) is 3. The molecule has 0 radical (unpaired) electrons. The molecule has 2 unspecified atom stereocenters. The van der Waals surface area contributed by atoms with E-state index in [4.69, 9.17) is 28.3 Å². The first kappa shape index (κ1) is 20.0. The molecule has 0 amide bonds. The second-order valence-electron chi connectivity index (χ2n) is 4.50. The summed E-state index contributed by atoms with van der Waals surface area (Å²) in [5.41, 5.74) is 0. The Hall–Kier alpha value is -0.0400. The normalized spacial score (nSPS) is 13.8. The summed E-state index contributed by atoms with van der Waals surface area (Å²) in [4.78, 5) is 0. The molecule has 0 aliphatic carbocycles. The molecular weight excluding hydrogens is 325 g/mol. The second kappa shape index (κ2) is 11.6. The van der Waals surface area contributed by atoms with Crippen molar-refractivity contribution in [1.82, 2.24) is 9.88 Å². The number of imidazole rings is 1. The van der Waals surface area contributed by atoms with Crippen molar-refractivity contribution >= 4 is 23.2 Å². The van der Waals surface area contributed by atoms with Crippen molar-refractivity contribution in [2.24, 2.45) is 0 Å². The van der Waals surface area contributed by atoms with Crippen molar-refractivity contribution in [2.75, 3.05) is 24.9 Å². The monoisotopic (exact) mass is 345 g/mol. The van der Waals surface area contributed by atoms with E-state index in [0.717, 1.165) is 19.5 Å². The van der Waals surface area contributed by atoms with E-state index in [1.165, 1.54) is 0 Å². The average molecular weight is 347 g/mol. The van der Waals surface area contributed by atoms with Crippen molar-refractivity contribution in [3.8, 4) is 0 Å². The van der Waals surface area contributed by atoms with Gasteiger partial charge in [-0.15, -0.1) is 23.2 Å². The number of aromatic nitrogens is 2. The van der Waals surface area contributed by atoms with Gasteiger partial charge in [-0.2, -0.15) is 0 Å². The molecule has 0 aliphatic rings. The van der Waals surface area contributed by atoms with E-state index in [1.54, 1.807) is 0 Å². The van der Waals surface area contributed by atoms with Gasteiger partial charge in [0, 0.05) is 12.5 Å². The number of nitrogens with zero attached hydrogens (tertiary/aromatic N) is 2. The maximum absolute atomic E-state index is 9.47. The molecule has 5 nitrogen and oxygen atoms in total. The molecule has 20 heavy (non-hydrogen) atoms. The summed E-state index contributed by atoms with van der Waals surface area (Å²) in [6.07, 6.45) is 5.95. The summed E-state index contributed by atoms with van der Waals surface area (Å²) in [6, 6.07) is 0.159. The van der Waals surface area contributed by atoms with E-state index >= 15 is 0 Å². The SMILES string of the molecule is OCCCNC(CCl)C[n+]1ccn(CC(O)CCl)c1.[Cl-]. The third-order valence-corrected chi connectivity index (χ3v) is 3.46. The minimum absolute atomic E-state index is 0. The molecule has 0 saturated carbocycles. The zero-order valence-corrected chi connectivity index (χ0v) is 13.5. The zero-order valence-electron chi connectivity index (χ0n) is 11.3. The fourth-order valence-corrected chi connectivity index (χ4v) is 2.06. The van der Waals surface area contributed by atoms with Crippen LogP contribution >= 0.6 is 23.2 Å². The lowest BCUT2D eigenvalue weighted by molar-refractivity contribution is -0.698. The molecule has 8 heteroatoms. The highest BCUT2D eigenvalue weighted by Gasteiger charge is 2.13. The maximum Gasteiger partial charge on any atom is 0.243 e. The van der Waals surface area contributed by atoms with Gasteiger partial charge in [-0.3, -0.25) is 0 Å². The van der Waals surface area contributed by atoms with Gasteiger partial charge in [-0.1, -0.05) is 0 Å². The maximum atomic E-state index is 9.47. The lowest BCUT2D eigenvalue weighted by Gasteiger charge is -2.13. The minimum Gasteiger partial charge on any atom is -1.00 e. The Morgan fingerprint density at radius 1 is 1.30 bits per heavy atom. The van der Waals surface area contributed by atoms with Crippen molar-refractivity contribution in [3.05, 3.63) is 18.7 Å². The minimum atomic E-state index is -0.533. The summed E-state index contributed by atoms with van der Waals surface area (Å²) in [5, 5.41) is 21.5. The van der Waals surface area contributed by atoms with Gasteiger partial charge in [0.05, 0.1) is 11.9 Å². The van der Waals surface area contributed by atoms with Crippen molar-refractivity contribution < 1.29 is 27.2 Å². The van der Waals surface area contributed by atoms with Gasteiger partial charge in [0.2, 0.25) is 6.33 Å². The van der Waals surface area contributed by atoms with Crippen LogP contribution in [0.2, 0.25) is 0 Å². The standard InChI is InChI=1S/C12H22Cl2N3O2.ClH/c13-6-11(15-2-1-5-18)8-16-3-4-17(10-16)9-12(19)7-14;/h3-4,10-12,15,18-19H,1-2,5-9H2;1H/q+1;/p-1. The van der Waals surface area contributed by atoms with Crippen molar-refractivity contribution in [3.63, 3.8) is 0 Å². The Bertz CT molecular complexity index is 352. The number of aliphatic hydroxyl groups excluding tert-OH is 2. The third-order valence-electron chi connectivity index (χ3n) is 2.73. The molecule has 0 fully saturated rings. The van der Waals surface area contributed by atoms with E-state index in [2.05, 4.69) is 5.32 Å². The van der Waals surface area contributed by atoms with Gasteiger partial charge in [-0.05, 0) is 13.0 Å². The quantitative estimate of drug-likeness (QED) is 0.240. The van der Waals surface area contributed by atoms with E-state index in [1.807, 2.05) is 27.9 Å². The van der Waals surface area contributed by atoms with Crippen LogP contribution in [0.4, 0.5) is 0 Å². The van der Waals surface area contributed by atoms with Crippen LogP contribution in [-0.2, 0) is 13.1 Å². The summed E-state index contributed by atoms with van der Waals surface area (Å²) in [6.45, 7) is 2.17. The Labute approximate surface area is 135 Å². The average Bonchev–Trinajstić information content (AvgIpc) is 2.84. The summed E-state index contributed by atoms with van der Waals surface area (Å²) in [7, 11) is 0. The van der Waals surface area contributed by atoms with Gasteiger partial charge in [0.25, 0.3) is 0 Å². The number of rotatable bonds is 10. The lowest BCUT2D eigenvalue weighted by Crippen LogP contribution is -3.00. The van der Waals surface area contributed by atoms with Crippen LogP contribution in [0, 0.1) is 0 Å². The molecule has 0 aliphatic heterocycles. The first-order chi connectivity index (χ1) is 9.19. The molecule has 1 rings (SSSR count). The predicted octanol–water partition coefficient (Wildman–Crippen LogP) is -3.04. The number of halogens is 3. The molecule has 118 valence electrons. The molecule has 0 bridgehead atoms. The molecule has 1 aromatic rings. The number of hydrogen-bond acceptors (Lipinski definition) is 3. The molecule has 1 heterocycles. The summed E-state index contributed by atoms with van der Waals surface area (Å²) >= 11 is 11.5. The lowest BCUT2D eigenvalue weighted by atomic mass is 10.3. The van der Waals surface area contributed by atoms with E-state index in [-0.39, 0.29) is 30.9 Å². The van der Waals surface area contributed by atoms with Crippen LogP contribution < -0.4 is 22.3 Å². The fourth-order valence-electron chi connectivity index (χ4n) is 1.75. The van der Waals surface area contributed by atoms with Gasteiger partial charge in [0.15, 0.2) is 0 Å². The van der Waals surface area contributed by atoms with Crippen LogP contribution in [-0.4, -0.2) is 51.8 Å². The van der Waals surface area contributed by atoms with Gasteiger partial charge < -0.3 is 27.9 Å². The van der Waals surface area contributed by atoms with Gasteiger partial charge in [0.1, 0.15) is 31.6 Å². The second-order valence-corrected chi connectivity index (χ2v) is 5.12. The molecule has 0 spiro atoms. The van der Waals surface area contributed by atoms with Crippen molar-refractivity contribution in [1.29, 1.82) is 0 Å². The summed E-state index contributed by atoms with van der Waals surface area (Å²) in [5.74, 6) is 0.735.